The first kappa shape index (κ1) is 18.3. The second kappa shape index (κ2) is 7.16. The zero-order chi connectivity index (χ0) is 19.7. The van der Waals surface area contributed by atoms with Crippen LogP contribution in [-0.2, 0) is 4.79 Å². The van der Waals surface area contributed by atoms with Gasteiger partial charge in [-0.15, -0.1) is 21.5 Å². The van der Waals surface area contributed by atoms with Gasteiger partial charge in [-0.05, 0) is 41.1 Å². The normalized spacial score (nSPS) is 11.7. The lowest BCUT2D eigenvalue weighted by molar-refractivity contribution is -0.117. The van der Waals surface area contributed by atoms with Crippen LogP contribution in [0.4, 0.5) is 5.69 Å². The third kappa shape index (κ3) is 3.94. The summed E-state index contributed by atoms with van der Waals surface area (Å²) in [6.07, 6.45) is 0.465. The van der Waals surface area contributed by atoms with Crippen molar-refractivity contribution in [3.63, 3.8) is 0 Å². The van der Waals surface area contributed by atoms with Gasteiger partial charge < -0.3 is 5.32 Å². The second-order valence-electron chi connectivity index (χ2n) is 7.86. The molecule has 1 amide bonds. The average molecular weight is 392 g/mol. The highest BCUT2D eigenvalue weighted by molar-refractivity contribution is 7.13. The van der Waals surface area contributed by atoms with Gasteiger partial charge in [0.25, 0.3) is 0 Å². The predicted octanol–water partition coefficient (Wildman–Crippen LogP) is 4.89. The first-order valence-electron chi connectivity index (χ1n) is 9.06. The molecule has 0 bridgehead atoms. The molecule has 0 unspecified atom stereocenters. The molecule has 0 atom stereocenters. The number of rotatable bonds is 4. The molecule has 0 radical (unpaired) electrons. The SMILES string of the molecule is CC(C)(C)CC(=O)Nc1cccc(-c2ccc3nnc(-c4cccs4)n3n2)c1. The Morgan fingerprint density at radius 1 is 1.11 bits per heavy atom. The lowest BCUT2D eigenvalue weighted by Gasteiger charge is -2.17. The number of hydrogen-bond acceptors (Lipinski definition) is 5. The molecule has 0 saturated carbocycles. The summed E-state index contributed by atoms with van der Waals surface area (Å²) in [6.45, 7) is 6.14. The molecule has 0 aliphatic carbocycles. The summed E-state index contributed by atoms with van der Waals surface area (Å²) in [6, 6.07) is 15.5. The van der Waals surface area contributed by atoms with Crippen molar-refractivity contribution in [2.75, 3.05) is 5.32 Å². The molecule has 0 spiro atoms. The van der Waals surface area contributed by atoms with E-state index in [2.05, 4.69) is 15.5 Å². The number of amides is 1. The maximum Gasteiger partial charge on any atom is 0.224 e. The Morgan fingerprint density at radius 2 is 1.96 bits per heavy atom. The number of fused-ring (bicyclic) bond motifs is 1. The van der Waals surface area contributed by atoms with Crippen molar-refractivity contribution in [3.8, 4) is 22.0 Å². The Morgan fingerprint density at radius 3 is 2.71 bits per heavy atom. The fourth-order valence-electron chi connectivity index (χ4n) is 2.95. The molecule has 1 aromatic carbocycles. The standard InChI is InChI=1S/C21H21N5OS/c1-21(2,3)13-19(27)22-15-7-4-6-14(12-15)16-9-10-18-23-24-20(26(18)25-16)17-8-5-11-28-17/h4-12H,13H2,1-3H3,(H,22,27). The molecule has 3 aromatic heterocycles. The van der Waals surface area contributed by atoms with Crippen LogP contribution in [0.3, 0.4) is 0 Å². The van der Waals surface area contributed by atoms with Crippen molar-refractivity contribution < 1.29 is 4.79 Å². The molecule has 7 heteroatoms. The Bertz CT molecular complexity index is 1130. The molecule has 0 fully saturated rings. The van der Waals surface area contributed by atoms with E-state index < -0.39 is 0 Å². The molecule has 142 valence electrons. The van der Waals surface area contributed by atoms with Crippen molar-refractivity contribution in [3.05, 3.63) is 53.9 Å². The molecule has 4 rings (SSSR count). The highest BCUT2D eigenvalue weighted by atomic mass is 32.1. The van der Waals surface area contributed by atoms with Crippen LogP contribution in [0, 0.1) is 5.41 Å². The minimum absolute atomic E-state index is 0.00634. The maximum absolute atomic E-state index is 12.2. The van der Waals surface area contributed by atoms with Gasteiger partial charge in [-0.1, -0.05) is 39.0 Å². The number of thiophene rings is 1. The van der Waals surface area contributed by atoms with Crippen LogP contribution in [-0.4, -0.2) is 25.7 Å². The van der Waals surface area contributed by atoms with Crippen molar-refractivity contribution in [1.29, 1.82) is 0 Å². The lowest BCUT2D eigenvalue weighted by Crippen LogP contribution is -2.19. The van der Waals surface area contributed by atoms with Crippen molar-refractivity contribution in [1.82, 2.24) is 19.8 Å². The Kier molecular flexibility index (Phi) is 4.68. The quantitative estimate of drug-likeness (QED) is 0.537. The van der Waals surface area contributed by atoms with E-state index in [1.165, 1.54) is 0 Å². The minimum atomic E-state index is -0.0547. The third-order valence-electron chi connectivity index (χ3n) is 4.14. The predicted molar refractivity (Wildman–Crippen MR) is 112 cm³/mol. The van der Waals surface area contributed by atoms with Crippen LogP contribution >= 0.6 is 11.3 Å². The zero-order valence-electron chi connectivity index (χ0n) is 16.0. The first-order chi connectivity index (χ1) is 13.4. The number of nitrogens with zero attached hydrogens (tertiary/aromatic N) is 4. The van der Waals surface area contributed by atoms with Gasteiger partial charge in [-0.3, -0.25) is 4.79 Å². The Balaban J connectivity index is 1.65. The summed E-state index contributed by atoms with van der Waals surface area (Å²) in [4.78, 5) is 13.3. The molecule has 4 aromatic rings. The minimum Gasteiger partial charge on any atom is -0.326 e. The number of nitrogens with one attached hydrogen (secondary N) is 1. The number of aromatic nitrogens is 4. The maximum atomic E-state index is 12.2. The van der Waals surface area contributed by atoms with Crippen molar-refractivity contribution in [2.45, 2.75) is 27.2 Å². The van der Waals surface area contributed by atoms with Crippen LogP contribution in [0.1, 0.15) is 27.2 Å². The molecule has 28 heavy (non-hydrogen) atoms. The lowest BCUT2D eigenvalue weighted by atomic mass is 9.92. The van der Waals surface area contributed by atoms with Gasteiger partial charge in [0.2, 0.25) is 5.91 Å². The van der Waals surface area contributed by atoms with Gasteiger partial charge in [-0.2, -0.15) is 9.61 Å². The van der Waals surface area contributed by atoms with E-state index in [1.807, 2.05) is 74.7 Å². The summed E-state index contributed by atoms with van der Waals surface area (Å²) in [5.74, 6) is 0.730. The molecule has 6 nitrogen and oxygen atoms in total. The van der Waals surface area contributed by atoms with E-state index in [-0.39, 0.29) is 11.3 Å². The first-order valence-corrected chi connectivity index (χ1v) is 9.94. The summed E-state index contributed by atoms with van der Waals surface area (Å²) in [5, 5.41) is 18.2. The van der Waals surface area contributed by atoms with Gasteiger partial charge in [0.15, 0.2) is 11.5 Å². The van der Waals surface area contributed by atoms with Crippen LogP contribution in [0.15, 0.2) is 53.9 Å². The van der Waals surface area contributed by atoms with Crippen molar-refractivity contribution in [2.24, 2.45) is 5.41 Å². The number of carbonyl (C=O) groups is 1. The number of hydrogen-bond donors (Lipinski definition) is 1. The topological polar surface area (TPSA) is 72.2 Å². The molecule has 1 N–H and O–H groups in total. The largest absolute Gasteiger partial charge is 0.326 e. The highest BCUT2D eigenvalue weighted by Crippen LogP contribution is 2.26. The fraction of sp³-hybridized carbons (Fsp3) is 0.238. The summed E-state index contributed by atoms with van der Waals surface area (Å²) >= 11 is 1.60. The molecule has 0 aliphatic rings. The van der Waals surface area contributed by atoms with E-state index in [0.717, 1.165) is 27.6 Å². The van der Waals surface area contributed by atoms with Gasteiger partial charge in [0, 0.05) is 17.7 Å². The third-order valence-corrected chi connectivity index (χ3v) is 5.00. The van der Waals surface area contributed by atoms with Gasteiger partial charge >= 0.3 is 0 Å². The van der Waals surface area contributed by atoms with Gasteiger partial charge in [0.1, 0.15) is 0 Å². The molecular formula is C21H21N5OS. The summed E-state index contributed by atoms with van der Waals surface area (Å²) < 4.78 is 1.76. The van der Waals surface area contributed by atoms with E-state index in [9.17, 15) is 4.79 Å². The number of anilines is 1. The van der Waals surface area contributed by atoms with E-state index in [4.69, 9.17) is 5.10 Å². The summed E-state index contributed by atoms with van der Waals surface area (Å²) in [7, 11) is 0. The second-order valence-corrected chi connectivity index (χ2v) is 8.80. The molecule has 0 aliphatic heterocycles. The van der Waals surface area contributed by atoms with E-state index in [1.54, 1.807) is 15.9 Å². The number of benzene rings is 1. The summed E-state index contributed by atoms with van der Waals surface area (Å²) in [5.41, 5.74) is 3.11. The van der Waals surface area contributed by atoms with Gasteiger partial charge in [0.05, 0.1) is 10.6 Å². The monoisotopic (exact) mass is 391 g/mol. The Hall–Kier alpha value is -3.06. The van der Waals surface area contributed by atoms with Crippen LogP contribution in [0.5, 0.6) is 0 Å². The fourth-order valence-corrected chi connectivity index (χ4v) is 3.64. The van der Waals surface area contributed by atoms with E-state index >= 15 is 0 Å². The smallest absolute Gasteiger partial charge is 0.224 e. The number of carbonyl (C=O) groups excluding carboxylic acids is 1. The Labute approximate surface area is 167 Å². The zero-order valence-corrected chi connectivity index (χ0v) is 16.8. The highest BCUT2D eigenvalue weighted by Gasteiger charge is 2.16. The average Bonchev–Trinajstić information content (AvgIpc) is 3.29. The molecule has 3 heterocycles. The molecule has 0 saturated heterocycles. The van der Waals surface area contributed by atoms with E-state index in [0.29, 0.717) is 12.1 Å². The van der Waals surface area contributed by atoms with Crippen LogP contribution in [0.2, 0.25) is 0 Å². The van der Waals surface area contributed by atoms with Crippen LogP contribution < -0.4 is 5.32 Å². The van der Waals surface area contributed by atoms with Crippen LogP contribution in [0.25, 0.3) is 27.6 Å². The molecular weight excluding hydrogens is 370 g/mol. The van der Waals surface area contributed by atoms with Crippen molar-refractivity contribution >= 4 is 28.6 Å². The van der Waals surface area contributed by atoms with Gasteiger partial charge in [-0.25, -0.2) is 0 Å².